The molecule has 1 aromatic carbocycles. The van der Waals surface area contributed by atoms with Crippen molar-refractivity contribution in [3.05, 3.63) is 33.3 Å². The summed E-state index contributed by atoms with van der Waals surface area (Å²) in [4.78, 5) is 13.1. The van der Waals surface area contributed by atoms with E-state index < -0.39 is 5.38 Å². The fourth-order valence-corrected chi connectivity index (χ4v) is 2.23. The molecule has 0 heterocycles. The maximum absolute atomic E-state index is 11.6. The van der Waals surface area contributed by atoms with Crippen LogP contribution in [0, 0.1) is 0 Å². The zero-order valence-corrected chi connectivity index (χ0v) is 11.4. The van der Waals surface area contributed by atoms with Crippen LogP contribution in [-0.4, -0.2) is 24.9 Å². The minimum Gasteiger partial charge on any atom is -0.347 e. The lowest BCUT2D eigenvalue weighted by Gasteiger charge is -2.16. The molecule has 0 bridgehead atoms. The maximum Gasteiger partial charge on any atom is 0.244 e. The van der Waals surface area contributed by atoms with Crippen LogP contribution in [0.1, 0.15) is 10.9 Å². The lowest BCUT2D eigenvalue weighted by atomic mass is 10.1. The Hall–Kier alpha value is -0.250. The van der Waals surface area contributed by atoms with Crippen molar-refractivity contribution in [2.75, 3.05) is 14.1 Å². The monoisotopic (exact) mass is 309 g/mol. The van der Waals surface area contributed by atoms with E-state index in [1.165, 1.54) is 4.90 Å². The molecule has 0 saturated heterocycles. The van der Waals surface area contributed by atoms with Gasteiger partial charge in [0.2, 0.25) is 5.91 Å². The highest BCUT2D eigenvalue weighted by Gasteiger charge is 2.21. The number of amides is 1. The fourth-order valence-electron chi connectivity index (χ4n) is 1.07. The summed E-state index contributed by atoms with van der Waals surface area (Å²) in [5.41, 5.74) is 0.683. The molecule has 0 spiro atoms. The van der Waals surface area contributed by atoms with Crippen molar-refractivity contribution in [1.82, 2.24) is 4.90 Å². The van der Waals surface area contributed by atoms with Crippen LogP contribution in [0.15, 0.2) is 22.7 Å². The summed E-state index contributed by atoms with van der Waals surface area (Å²) in [6.07, 6.45) is 0. The van der Waals surface area contributed by atoms with E-state index in [4.69, 9.17) is 23.2 Å². The van der Waals surface area contributed by atoms with Crippen LogP contribution in [0.4, 0.5) is 0 Å². The van der Waals surface area contributed by atoms with Crippen LogP contribution in [-0.2, 0) is 4.79 Å². The van der Waals surface area contributed by atoms with E-state index in [-0.39, 0.29) is 5.91 Å². The van der Waals surface area contributed by atoms with E-state index in [1.54, 1.807) is 32.3 Å². The normalized spacial score (nSPS) is 12.3. The second kappa shape index (κ2) is 5.19. The number of hydrogen-bond donors (Lipinski definition) is 0. The smallest absolute Gasteiger partial charge is 0.244 e. The molecule has 1 amide bonds. The molecule has 0 radical (unpaired) electrons. The van der Waals surface area contributed by atoms with Gasteiger partial charge < -0.3 is 4.90 Å². The van der Waals surface area contributed by atoms with Crippen LogP contribution in [0.25, 0.3) is 0 Å². The lowest BCUT2D eigenvalue weighted by Crippen LogP contribution is -2.25. The van der Waals surface area contributed by atoms with Crippen molar-refractivity contribution in [2.45, 2.75) is 5.38 Å². The summed E-state index contributed by atoms with van der Waals surface area (Å²) in [7, 11) is 3.33. The van der Waals surface area contributed by atoms with E-state index in [2.05, 4.69) is 15.9 Å². The Morgan fingerprint density at radius 3 is 2.60 bits per heavy atom. The Balaban J connectivity index is 3.05. The topological polar surface area (TPSA) is 20.3 Å². The van der Waals surface area contributed by atoms with E-state index in [0.29, 0.717) is 10.6 Å². The quantitative estimate of drug-likeness (QED) is 0.766. The molecule has 0 fully saturated rings. The molecule has 5 heteroatoms. The van der Waals surface area contributed by atoms with Gasteiger partial charge in [0.15, 0.2) is 0 Å². The van der Waals surface area contributed by atoms with Crippen molar-refractivity contribution in [3.63, 3.8) is 0 Å². The first-order chi connectivity index (χ1) is 6.93. The number of nitrogens with zero attached hydrogens (tertiary/aromatic N) is 1. The molecule has 0 aliphatic heterocycles. The zero-order chi connectivity index (χ0) is 11.6. The van der Waals surface area contributed by atoms with Gasteiger partial charge in [0.05, 0.1) is 0 Å². The maximum atomic E-state index is 11.6. The highest BCUT2D eigenvalue weighted by atomic mass is 79.9. The van der Waals surface area contributed by atoms with Crippen LogP contribution < -0.4 is 0 Å². The van der Waals surface area contributed by atoms with Crippen LogP contribution in [0.5, 0.6) is 0 Å². The second-order valence-corrected chi connectivity index (χ2v) is 4.99. The summed E-state index contributed by atoms with van der Waals surface area (Å²) in [6.45, 7) is 0. The largest absolute Gasteiger partial charge is 0.347 e. The Morgan fingerprint density at radius 2 is 2.07 bits per heavy atom. The highest BCUT2D eigenvalue weighted by Crippen LogP contribution is 2.31. The van der Waals surface area contributed by atoms with E-state index in [0.717, 1.165) is 4.47 Å². The van der Waals surface area contributed by atoms with Gasteiger partial charge in [0.25, 0.3) is 0 Å². The Morgan fingerprint density at radius 1 is 1.47 bits per heavy atom. The van der Waals surface area contributed by atoms with Crippen LogP contribution in [0.3, 0.4) is 0 Å². The van der Waals surface area contributed by atoms with Crippen molar-refractivity contribution in [2.24, 2.45) is 0 Å². The van der Waals surface area contributed by atoms with Gasteiger partial charge in [-0.05, 0) is 23.8 Å². The molecule has 1 aromatic rings. The number of benzene rings is 1. The van der Waals surface area contributed by atoms with Gasteiger partial charge in [0.1, 0.15) is 5.38 Å². The van der Waals surface area contributed by atoms with Gasteiger partial charge in [-0.25, -0.2) is 0 Å². The molecule has 2 nitrogen and oxygen atoms in total. The number of halogens is 3. The van der Waals surface area contributed by atoms with Gasteiger partial charge in [0, 0.05) is 23.6 Å². The number of carbonyl (C=O) groups is 1. The third kappa shape index (κ3) is 3.10. The van der Waals surface area contributed by atoms with E-state index in [9.17, 15) is 4.79 Å². The number of rotatable bonds is 2. The van der Waals surface area contributed by atoms with Gasteiger partial charge >= 0.3 is 0 Å². The van der Waals surface area contributed by atoms with Crippen molar-refractivity contribution in [3.8, 4) is 0 Å². The molecule has 1 atom stereocenters. The second-order valence-electron chi connectivity index (χ2n) is 3.26. The number of carbonyl (C=O) groups excluding carboxylic acids is 1. The summed E-state index contributed by atoms with van der Waals surface area (Å²) >= 11 is 15.2. The van der Waals surface area contributed by atoms with Gasteiger partial charge in [-0.15, -0.1) is 11.6 Å². The molecule has 0 N–H and O–H groups in total. The summed E-state index contributed by atoms with van der Waals surface area (Å²) in [5, 5.41) is -0.154. The average Bonchev–Trinajstić information content (AvgIpc) is 2.19. The van der Waals surface area contributed by atoms with Gasteiger partial charge in [-0.3, -0.25) is 4.79 Å². The van der Waals surface area contributed by atoms with Gasteiger partial charge in [-0.1, -0.05) is 27.5 Å². The minimum atomic E-state index is -0.715. The zero-order valence-electron chi connectivity index (χ0n) is 8.30. The first-order valence-corrected chi connectivity index (χ1v) is 5.84. The first-order valence-electron chi connectivity index (χ1n) is 4.23. The lowest BCUT2D eigenvalue weighted by molar-refractivity contribution is -0.128. The highest BCUT2D eigenvalue weighted by molar-refractivity contribution is 9.10. The summed E-state index contributed by atoms with van der Waals surface area (Å²) < 4.78 is 0.780. The number of hydrogen-bond acceptors (Lipinski definition) is 1. The average molecular weight is 311 g/mol. The molecule has 15 heavy (non-hydrogen) atoms. The predicted molar refractivity (Wildman–Crippen MR) is 66.4 cm³/mol. The molecule has 0 aliphatic rings. The Labute approximate surface area is 107 Å². The standard InChI is InChI=1S/C10H10BrCl2NO/c1-14(2)10(15)9(13)7-5-6(12)3-4-8(7)11/h3-5,9H,1-2H3. The predicted octanol–water partition coefficient (Wildman–Crippen LogP) is 3.47. The third-order valence-corrected chi connectivity index (χ3v) is 3.27. The van der Waals surface area contributed by atoms with Gasteiger partial charge in [-0.2, -0.15) is 0 Å². The van der Waals surface area contributed by atoms with Crippen molar-refractivity contribution in [1.29, 1.82) is 0 Å². The van der Waals surface area contributed by atoms with E-state index in [1.807, 2.05) is 0 Å². The minimum absolute atomic E-state index is 0.167. The first kappa shape index (κ1) is 12.8. The SMILES string of the molecule is CN(C)C(=O)C(Cl)c1cc(Cl)ccc1Br. The molecule has 0 aromatic heterocycles. The van der Waals surface area contributed by atoms with Crippen molar-refractivity contribution < 1.29 is 4.79 Å². The molecular formula is C10H10BrCl2NO. The summed E-state index contributed by atoms with van der Waals surface area (Å²) in [6, 6.07) is 5.19. The van der Waals surface area contributed by atoms with Crippen LogP contribution in [0.2, 0.25) is 5.02 Å². The fraction of sp³-hybridized carbons (Fsp3) is 0.300. The molecular weight excluding hydrogens is 301 g/mol. The van der Waals surface area contributed by atoms with Crippen LogP contribution >= 0.6 is 39.1 Å². The number of likely N-dealkylation sites (N-methyl/N-ethyl adjacent to an activating group) is 1. The molecule has 1 unspecified atom stereocenters. The Kier molecular flexibility index (Phi) is 4.44. The van der Waals surface area contributed by atoms with E-state index >= 15 is 0 Å². The van der Waals surface area contributed by atoms with Crippen molar-refractivity contribution >= 4 is 45.0 Å². The molecule has 1 rings (SSSR count). The number of alkyl halides is 1. The third-order valence-electron chi connectivity index (χ3n) is 1.89. The molecule has 0 saturated carbocycles. The molecule has 82 valence electrons. The molecule has 0 aliphatic carbocycles. The Bertz CT molecular complexity index is 382. The summed E-state index contributed by atoms with van der Waals surface area (Å²) in [5.74, 6) is -0.167.